The fraction of sp³-hybridized carbons (Fsp3) is 0.200. The summed E-state index contributed by atoms with van der Waals surface area (Å²) in [5.74, 6) is 0. The van der Waals surface area contributed by atoms with Crippen LogP contribution in [-0.4, -0.2) is 7.05 Å². The molecular formula is C15H17BrN2. The molecule has 0 amide bonds. The van der Waals surface area contributed by atoms with Gasteiger partial charge in [0.25, 0.3) is 0 Å². The zero-order chi connectivity index (χ0) is 13.0. The van der Waals surface area contributed by atoms with Gasteiger partial charge in [-0.2, -0.15) is 0 Å². The number of hydrogen-bond donors (Lipinski definition) is 2. The molecule has 0 spiro atoms. The lowest BCUT2D eigenvalue weighted by Crippen LogP contribution is -2.01. The van der Waals surface area contributed by atoms with Gasteiger partial charge in [0.05, 0.1) is 0 Å². The van der Waals surface area contributed by atoms with Crippen molar-refractivity contribution in [2.75, 3.05) is 17.7 Å². The maximum Gasteiger partial charge on any atom is 0.0400 e. The van der Waals surface area contributed by atoms with Crippen LogP contribution in [0, 0.1) is 6.92 Å². The molecule has 2 nitrogen and oxygen atoms in total. The Labute approximate surface area is 117 Å². The maximum absolute atomic E-state index is 3.49. The highest BCUT2D eigenvalue weighted by Gasteiger charge is 1.99. The average molecular weight is 305 g/mol. The molecule has 0 aromatic heterocycles. The first-order valence-corrected chi connectivity index (χ1v) is 6.75. The van der Waals surface area contributed by atoms with Gasteiger partial charge >= 0.3 is 0 Å². The third-order valence-electron chi connectivity index (χ3n) is 2.93. The van der Waals surface area contributed by atoms with Crippen LogP contribution in [0.3, 0.4) is 0 Å². The summed E-state index contributed by atoms with van der Waals surface area (Å²) in [7, 11) is 1.93. The van der Waals surface area contributed by atoms with Crippen molar-refractivity contribution in [1.82, 2.24) is 0 Å². The molecule has 0 aliphatic carbocycles. The monoisotopic (exact) mass is 304 g/mol. The summed E-state index contributed by atoms with van der Waals surface area (Å²) in [5.41, 5.74) is 4.83. The molecule has 2 N–H and O–H groups in total. The zero-order valence-electron chi connectivity index (χ0n) is 10.6. The lowest BCUT2D eigenvalue weighted by atomic mass is 10.1. The van der Waals surface area contributed by atoms with Gasteiger partial charge in [0, 0.05) is 29.4 Å². The second-order valence-corrected chi connectivity index (χ2v) is 5.18. The number of benzene rings is 2. The van der Waals surface area contributed by atoms with Gasteiger partial charge in [0.1, 0.15) is 0 Å². The highest BCUT2D eigenvalue weighted by Crippen LogP contribution is 2.21. The van der Waals surface area contributed by atoms with E-state index in [0.29, 0.717) is 0 Å². The molecule has 0 saturated heterocycles. The normalized spacial score (nSPS) is 10.2. The molecule has 0 saturated carbocycles. The number of nitrogens with one attached hydrogen (secondary N) is 2. The third kappa shape index (κ3) is 3.26. The van der Waals surface area contributed by atoms with E-state index in [-0.39, 0.29) is 0 Å². The third-order valence-corrected chi connectivity index (χ3v) is 3.42. The van der Waals surface area contributed by atoms with Crippen molar-refractivity contribution in [3.8, 4) is 0 Å². The molecule has 94 valence electrons. The molecule has 18 heavy (non-hydrogen) atoms. The lowest BCUT2D eigenvalue weighted by molar-refractivity contribution is 1.14. The first kappa shape index (κ1) is 13.0. The van der Waals surface area contributed by atoms with E-state index in [1.807, 2.05) is 7.05 Å². The van der Waals surface area contributed by atoms with Crippen molar-refractivity contribution < 1.29 is 0 Å². The zero-order valence-corrected chi connectivity index (χ0v) is 12.2. The fourth-order valence-corrected chi connectivity index (χ4v) is 2.13. The molecule has 3 heteroatoms. The molecule has 0 aliphatic heterocycles. The maximum atomic E-state index is 3.49. The first-order valence-electron chi connectivity index (χ1n) is 5.96. The molecule has 0 atom stereocenters. The van der Waals surface area contributed by atoms with E-state index in [1.54, 1.807) is 0 Å². The van der Waals surface area contributed by atoms with E-state index < -0.39 is 0 Å². The van der Waals surface area contributed by atoms with Crippen molar-refractivity contribution in [3.63, 3.8) is 0 Å². The minimum atomic E-state index is 0.835. The second-order valence-electron chi connectivity index (χ2n) is 4.26. The van der Waals surface area contributed by atoms with Crippen molar-refractivity contribution in [1.29, 1.82) is 0 Å². The quantitative estimate of drug-likeness (QED) is 0.874. The SMILES string of the molecule is CNc1ccc(CNc2cc(Br)ccc2C)cc1. The Morgan fingerprint density at radius 2 is 1.78 bits per heavy atom. The van der Waals surface area contributed by atoms with Crippen LogP contribution in [0.15, 0.2) is 46.9 Å². The van der Waals surface area contributed by atoms with Gasteiger partial charge < -0.3 is 10.6 Å². The minimum absolute atomic E-state index is 0.835. The van der Waals surface area contributed by atoms with Gasteiger partial charge in [-0.3, -0.25) is 0 Å². The van der Waals surface area contributed by atoms with Crippen LogP contribution in [0.5, 0.6) is 0 Å². The van der Waals surface area contributed by atoms with Gasteiger partial charge in [-0.05, 0) is 42.3 Å². The summed E-state index contributed by atoms with van der Waals surface area (Å²) in [5, 5.41) is 6.58. The Hall–Kier alpha value is -1.48. The average Bonchev–Trinajstić information content (AvgIpc) is 2.40. The number of aryl methyl sites for hydroxylation is 1. The number of rotatable bonds is 4. The molecule has 2 rings (SSSR count). The topological polar surface area (TPSA) is 24.1 Å². The molecule has 0 fully saturated rings. The summed E-state index contributed by atoms with van der Waals surface area (Å²) < 4.78 is 1.10. The summed E-state index contributed by atoms with van der Waals surface area (Å²) in [4.78, 5) is 0. The van der Waals surface area contributed by atoms with Crippen molar-refractivity contribution in [2.45, 2.75) is 13.5 Å². The van der Waals surface area contributed by atoms with Crippen molar-refractivity contribution >= 4 is 27.3 Å². The molecule has 0 aliphatic rings. The van der Waals surface area contributed by atoms with Crippen LogP contribution in [0.25, 0.3) is 0 Å². The van der Waals surface area contributed by atoms with Gasteiger partial charge in [-0.1, -0.05) is 34.1 Å². The van der Waals surface area contributed by atoms with E-state index in [0.717, 1.165) is 16.7 Å². The molecular weight excluding hydrogens is 288 g/mol. The summed E-state index contributed by atoms with van der Waals surface area (Å²) >= 11 is 3.49. The highest BCUT2D eigenvalue weighted by atomic mass is 79.9. The van der Waals surface area contributed by atoms with E-state index in [4.69, 9.17) is 0 Å². The van der Waals surface area contributed by atoms with Gasteiger partial charge in [0.2, 0.25) is 0 Å². The number of hydrogen-bond acceptors (Lipinski definition) is 2. The van der Waals surface area contributed by atoms with Crippen LogP contribution in [0.4, 0.5) is 11.4 Å². The van der Waals surface area contributed by atoms with E-state index in [2.05, 4.69) is 76.0 Å². The van der Waals surface area contributed by atoms with Gasteiger partial charge in [-0.15, -0.1) is 0 Å². The predicted molar refractivity (Wildman–Crippen MR) is 82.2 cm³/mol. The Kier molecular flexibility index (Phi) is 4.26. The Balaban J connectivity index is 2.04. The van der Waals surface area contributed by atoms with Gasteiger partial charge in [0.15, 0.2) is 0 Å². The molecule has 0 bridgehead atoms. The van der Waals surface area contributed by atoms with E-state index in [1.165, 1.54) is 16.8 Å². The molecule has 2 aromatic carbocycles. The highest BCUT2D eigenvalue weighted by molar-refractivity contribution is 9.10. The summed E-state index contributed by atoms with van der Waals surface area (Å²) in [6, 6.07) is 14.7. The van der Waals surface area contributed by atoms with Crippen LogP contribution >= 0.6 is 15.9 Å². The largest absolute Gasteiger partial charge is 0.388 e. The predicted octanol–water partition coefficient (Wildman–Crippen LogP) is 4.41. The number of halogens is 1. The van der Waals surface area contributed by atoms with Crippen molar-refractivity contribution in [3.05, 3.63) is 58.1 Å². The van der Waals surface area contributed by atoms with Crippen molar-refractivity contribution in [2.24, 2.45) is 0 Å². The fourth-order valence-electron chi connectivity index (χ4n) is 1.77. The molecule has 0 unspecified atom stereocenters. The minimum Gasteiger partial charge on any atom is -0.388 e. The standard InChI is InChI=1S/C15H17BrN2/c1-11-3-6-13(16)9-15(11)18-10-12-4-7-14(17-2)8-5-12/h3-9,17-18H,10H2,1-2H3. The number of anilines is 2. The van der Waals surface area contributed by atoms with E-state index >= 15 is 0 Å². The Bertz CT molecular complexity index is 521. The second kappa shape index (κ2) is 5.91. The summed E-state index contributed by atoms with van der Waals surface area (Å²) in [6.07, 6.45) is 0. The molecule has 2 aromatic rings. The molecule has 0 radical (unpaired) electrons. The van der Waals surface area contributed by atoms with Crippen LogP contribution in [0.1, 0.15) is 11.1 Å². The van der Waals surface area contributed by atoms with Crippen LogP contribution < -0.4 is 10.6 Å². The van der Waals surface area contributed by atoms with E-state index in [9.17, 15) is 0 Å². The van der Waals surface area contributed by atoms with Gasteiger partial charge in [-0.25, -0.2) is 0 Å². The smallest absolute Gasteiger partial charge is 0.0400 e. The summed E-state index contributed by atoms with van der Waals surface area (Å²) in [6.45, 7) is 2.94. The van der Waals surface area contributed by atoms with Crippen LogP contribution in [0.2, 0.25) is 0 Å². The Morgan fingerprint density at radius 3 is 2.44 bits per heavy atom. The molecule has 0 heterocycles. The lowest BCUT2D eigenvalue weighted by Gasteiger charge is -2.10. The van der Waals surface area contributed by atoms with Crippen LogP contribution in [-0.2, 0) is 6.54 Å². The Morgan fingerprint density at radius 1 is 1.06 bits per heavy atom. The first-order chi connectivity index (χ1) is 8.69.